The fourth-order valence-electron chi connectivity index (χ4n) is 4.46. The molecule has 1 aliphatic rings. The number of carbonyl (C=O) groups is 1. The number of pyridine rings is 2. The molecule has 190 valence electrons. The summed E-state index contributed by atoms with van der Waals surface area (Å²) in [5.74, 6) is -0.119. The van der Waals surface area contributed by atoms with Gasteiger partial charge in [-0.1, -0.05) is 12.1 Å². The zero-order valence-electron chi connectivity index (χ0n) is 19.8. The number of aromatic nitrogens is 3. The second kappa shape index (κ2) is 9.24. The first kappa shape index (κ1) is 24.8. The lowest BCUT2D eigenvalue weighted by atomic mass is 9.95. The standard InChI is InChI=1S/C26H21F3N4O3S/c1-14-10-19(32-22(11-14)33-21-12-15(7-9-30-21)26(27,28)29)20-13-31-24(37-20)25(35)8-6-16-17(23(34)36-2)4-3-5-18(16)25/h3-5,7,9-13,35H,6,8H2,1-2H3,(H,30,32,33)/t25-/m1/s1. The summed E-state index contributed by atoms with van der Waals surface area (Å²) < 4.78 is 44.1. The molecule has 37 heavy (non-hydrogen) atoms. The van der Waals surface area contributed by atoms with E-state index in [1.807, 2.05) is 13.0 Å². The van der Waals surface area contributed by atoms with Gasteiger partial charge in [0.05, 0.1) is 28.8 Å². The molecule has 2 N–H and O–H groups in total. The Kier molecular flexibility index (Phi) is 6.20. The number of fused-ring (bicyclic) bond motifs is 1. The fraction of sp³-hybridized carbons (Fsp3) is 0.231. The van der Waals surface area contributed by atoms with Crippen LogP contribution in [-0.2, 0) is 22.9 Å². The highest BCUT2D eigenvalue weighted by molar-refractivity contribution is 7.15. The molecule has 1 aromatic carbocycles. The van der Waals surface area contributed by atoms with Crippen molar-refractivity contribution >= 4 is 28.9 Å². The van der Waals surface area contributed by atoms with E-state index in [2.05, 4.69) is 20.3 Å². The van der Waals surface area contributed by atoms with E-state index in [1.165, 1.54) is 18.4 Å². The van der Waals surface area contributed by atoms with E-state index in [9.17, 15) is 23.1 Å². The molecule has 0 fully saturated rings. The Morgan fingerprint density at radius 3 is 2.73 bits per heavy atom. The van der Waals surface area contributed by atoms with E-state index in [1.54, 1.807) is 30.5 Å². The number of alkyl halides is 3. The van der Waals surface area contributed by atoms with Crippen LogP contribution in [0.15, 0.2) is 54.9 Å². The molecule has 3 heterocycles. The van der Waals surface area contributed by atoms with Gasteiger partial charge in [-0.05, 0) is 66.8 Å². The third-order valence-corrected chi connectivity index (χ3v) is 7.36. The predicted molar refractivity (Wildman–Crippen MR) is 132 cm³/mol. The van der Waals surface area contributed by atoms with E-state index >= 15 is 0 Å². The Morgan fingerprint density at radius 2 is 1.97 bits per heavy atom. The highest BCUT2D eigenvalue weighted by Crippen LogP contribution is 2.45. The van der Waals surface area contributed by atoms with Crippen LogP contribution in [0.5, 0.6) is 0 Å². The second-order valence-corrected chi connectivity index (χ2v) is 9.71. The van der Waals surface area contributed by atoms with Crippen molar-refractivity contribution in [1.82, 2.24) is 15.0 Å². The van der Waals surface area contributed by atoms with Crippen LogP contribution < -0.4 is 5.32 Å². The molecule has 0 bridgehead atoms. The van der Waals surface area contributed by atoms with E-state index in [0.29, 0.717) is 45.4 Å². The molecule has 0 saturated heterocycles. The Bertz CT molecular complexity index is 1500. The van der Waals surface area contributed by atoms with Gasteiger partial charge in [-0.3, -0.25) is 0 Å². The summed E-state index contributed by atoms with van der Waals surface area (Å²) in [6.45, 7) is 1.84. The molecule has 1 aliphatic carbocycles. The first-order valence-corrected chi connectivity index (χ1v) is 12.1. The zero-order valence-corrected chi connectivity index (χ0v) is 20.6. The molecule has 1 atom stereocenters. The lowest BCUT2D eigenvalue weighted by Crippen LogP contribution is -2.23. The maximum Gasteiger partial charge on any atom is 0.416 e. The van der Waals surface area contributed by atoms with Crippen LogP contribution in [0, 0.1) is 6.92 Å². The van der Waals surface area contributed by atoms with E-state index in [-0.39, 0.29) is 5.82 Å². The van der Waals surface area contributed by atoms with Crippen LogP contribution in [0.4, 0.5) is 24.8 Å². The number of anilines is 2. The number of nitrogens with one attached hydrogen (secondary N) is 1. The largest absolute Gasteiger partial charge is 0.465 e. The smallest absolute Gasteiger partial charge is 0.416 e. The molecular weight excluding hydrogens is 505 g/mol. The minimum atomic E-state index is -4.49. The molecule has 0 amide bonds. The molecule has 0 saturated carbocycles. The minimum absolute atomic E-state index is 0.0159. The van der Waals surface area contributed by atoms with Gasteiger partial charge in [0.2, 0.25) is 0 Å². The number of hydrogen-bond acceptors (Lipinski definition) is 8. The fourth-order valence-corrected chi connectivity index (χ4v) is 5.46. The third-order valence-electron chi connectivity index (χ3n) is 6.19. The molecule has 5 rings (SSSR count). The normalized spacial score (nSPS) is 16.9. The van der Waals surface area contributed by atoms with Gasteiger partial charge in [0.1, 0.15) is 22.2 Å². The van der Waals surface area contributed by atoms with Crippen molar-refractivity contribution in [3.05, 3.63) is 87.7 Å². The van der Waals surface area contributed by atoms with Crippen molar-refractivity contribution in [2.75, 3.05) is 12.4 Å². The summed E-state index contributed by atoms with van der Waals surface area (Å²) in [7, 11) is 1.32. The van der Waals surface area contributed by atoms with Gasteiger partial charge in [-0.15, -0.1) is 11.3 Å². The summed E-state index contributed by atoms with van der Waals surface area (Å²) in [4.78, 5) is 25.8. The molecule has 0 unspecified atom stereocenters. The topological polar surface area (TPSA) is 97.2 Å². The Balaban J connectivity index is 1.45. The van der Waals surface area contributed by atoms with Crippen molar-refractivity contribution in [3.8, 4) is 10.6 Å². The average Bonchev–Trinajstić information content (AvgIpc) is 3.49. The second-order valence-electron chi connectivity index (χ2n) is 8.68. The molecular formula is C26H21F3N4O3S. The van der Waals surface area contributed by atoms with E-state index in [0.717, 1.165) is 29.5 Å². The number of thiazole rings is 1. The lowest BCUT2D eigenvalue weighted by molar-refractivity contribution is -0.137. The molecule has 0 aliphatic heterocycles. The molecule has 3 aromatic heterocycles. The van der Waals surface area contributed by atoms with Gasteiger partial charge in [-0.25, -0.2) is 19.7 Å². The number of halogens is 3. The van der Waals surface area contributed by atoms with Crippen LogP contribution in [0.25, 0.3) is 10.6 Å². The quantitative estimate of drug-likeness (QED) is 0.325. The minimum Gasteiger partial charge on any atom is -0.465 e. The summed E-state index contributed by atoms with van der Waals surface area (Å²) in [6.07, 6.45) is -0.942. The number of aryl methyl sites for hydroxylation is 1. The molecule has 0 radical (unpaired) electrons. The number of ether oxygens (including phenoxy) is 1. The summed E-state index contributed by atoms with van der Waals surface area (Å²) in [5, 5.41) is 14.9. The third kappa shape index (κ3) is 4.67. The molecule has 0 spiro atoms. The van der Waals surface area contributed by atoms with Crippen molar-refractivity contribution < 1.29 is 27.8 Å². The van der Waals surface area contributed by atoms with E-state index < -0.39 is 23.3 Å². The summed E-state index contributed by atoms with van der Waals surface area (Å²) in [5.41, 5.74) is 0.964. The van der Waals surface area contributed by atoms with Crippen molar-refractivity contribution in [2.24, 2.45) is 0 Å². The Labute approximate surface area is 214 Å². The number of carbonyl (C=O) groups excluding carboxylic acids is 1. The number of rotatable bonds is 5. The average molecular weight is 527 g/mol. The monoisotopic (exact) mass is 526 g/mol. The van der Waals surface area contributed by atoms with Crippen LogP contribution in [-0.4, -0.2) is 33.1 Å². The SMILES string of the molecule is COC(=O)c1cccc2c1CC[C@]2(O)c1ncc(-c2cc(C)cc(Nc3cc(C(F)(F)F)ccn3)n2)s1. The van der Waals surface area contributed by atoms with Gasteiger partial charge in [-0.2, -0.15) is 13.2 Å². The first-order chi connectivity index (χ1) is 17.6. The Morgan fingerprint density at radius 1 is 1.16 bits per heavy atom. The molecule has 4 aromatic rings. The number of esters is 1. The maximum atomic E-state index is 13.1. The van der Waals surface area contributed by atoms with Gasteiger partial charge in [0.25, 0.3) is 0 Å². The Hall–Kier alpha value is -3.83. The zero-order chi connectivity index (χ0) is 26.4. The van der Waals surface area contributed by atoms with Gasteiger partial charge < -0.3 is 15.2 Å². The van der Waals surface area contributed by atoms with Crippen LogP contribution >= 0.6 is 11.3 Å². The number of nitrogens with zero attached hydrogens (tertiary/aromatic N) is 3. The predicted octanol–water partition coefficient (Wildman–Crippen LogP) is 5.64. The number of methoxy groups -OCH3 is 1. The van der Waals surface area contributed by atoms with E-state index in [4.69, 9.17) is 4.74 Å². The lowest BCUT2D eigenvalue weighted by Gasteiger charge is -2.21. The van der Waals surface area contributed by atoms with Crippen molar-refractivity contribution in [2.45, 2.75) is 31.5 Å². The first-order valence-electron chi connectivity index (χ1n) is 11.3. The summed E-state index contributed by atoms with van der Waals surface area (Å²) >= 11 is 1.26. The van der Waals surface area contributed by atoms with Gasteiger partial charge in [0, 0.05) is 12.4 Å². The highest BCUT2D eigenvalue weighted by atomic mass is 32.1. The number of aliphatic hydroxyl groups is 1. The van der Waals surface area contributed by atoms with Crippen molar-refractivity contribution in [1.29, 1.82) is 0 Å². The van der Waals surface area contributed by atoms with Crippen LogP contribution in [0.3, 0.4) is 0 Å². The van der Waals surface area contributed by atoms with Gasteiger partial charge in [0.15, 0.2) is 0 Å². The van der Waals surface area contributed by atoms with Crippen LogP contribution in [0.2, 0.25) is 0 Å². The molecule has 11 heteroatoms. The highest BCUT2D eigenvalue weighted by Gasteiger charge is 2.42. The summed E-state index contributed by atoms with van der Waals surface area (Å²) in [6, 6.07) is 10.5. The maximum absolute atomic E-state index is 13.1. The van der Waals surface area contributed by atoms with Gasteiger partial charge >= 0.3 is 12.1 Å². The van der Waals surface area contributed by atoms with Crippen molar-refractivity contribution in [3.63, 3.8) is 0 Å². The number of benzene rings is 1. The molecule has 7 nitrogen and oxygen atoms in total. The number of hydrogen-bond donors (Lipinski definition) is 2. The van der Waals surface area contributed by atoms with Crippen LogP contribution in [0.1, 0.15) is 44.0 Å².